The van der Waals surface area contributed by atoms with Gasteiger partial charge in [-0.3, -0.25) is 14.3 Å². The van der Waals surface area contributed by atoms with E-state index in [-0.39, 0.29) is 17.6 Å². The monoisotopic (exact) mass is 351 g/mol. The first kappa shape index (κ1) is 15.6. The van der Waals surface area contributed by atoms with Crippen LogP contribution in [0.25, 0.3) is 0 Å². The summed E-state index contributed by atoms with van der Waals surface area (Å²) in [5.74, 6) is 0.421. The van der Waals surface area contributed by atoms with Gasteiger partial charge < -0.3 is 5.32 Å². The summed E-state index contributed by atoms with van der Waals surface area (Å²) in [5, 5.41) is 3.15. The van der Waals surface area contributed by atoms with E-state index in [2.05, 4.69) is 26.2 Å². The third-order valence-electron chi connectivity index (χ3n) is 3.23. The lowest BCUT2D eigenvalue weighted by molar-refractivity contribution is 0.546. The first-order chi connectivity index (χ1) is 9.90. The Labute approximate surface area is 131 Å². The molecule has 1 aromatic carbocycles. The maximum atomic E-state index is 12.0. The number of aromatic amines is 1. The molecule has 0 aliphatic carbocycles. The van der Waals surface area contributed by atoms with Crippen molar-refractivity contribution in [2.75, 3.05) is 5.32 Å². The van der Waals surface area contributed by atoms with Crippen molar-refractivity contribution in [3.05, 3.63) is 61.2 Å². The Hall–Kier alpha value is -1.82. The lowest BCUT2D eigenvalue weighted by atomic mass is 10.1. The molecule has 0 saturated carbocycles. The summed E-state index contributed by atoms with van der Waals surface area (Å²) in [6.45, 7) is 5.56. The zero-order chi connectivity index (χ0) is 15.6. The molecule has 0 aliphatic heterocycles. The maximum absolute atomic E-state index is 12.0. The zero-order valence-corrected chi connectivity index (χ0v) is 13.8. The number of nitrogens with zero attached hydrogens (tertiary/aromatic N) is 1. The van der Waals surface area contributed by atoms with E-state index in [0.717, 1.165) is 10.0 Å². The van der Waals surface area contributed by atoms with Crippen LogP contribution < -0.4 is 16.6 Å². The summed E-state index contributed by atoms with van der Waals surface area (Å²) in [6.07, 6.45) is 0. The van der Waals surface area contributed by atoms with Crippen molar-refractivity contribution in [2.45, 2.75) is 32.9 Å². The molecule has 2 rings (SSSR count). The fraction of sp³-hybridized carbons (Fsp3) is 0.333. The highest BCUT2D eigenvalue weighted by Gasteiger charge is 2.12. The summed E-state index contributed by atoms with van der Waals surface area (Å²) in [7, 11) is 0. The summed E-state index contributed by atoms with van der Waals surface area (Å²) in [6, 6.07) is 9.00. The fourth-order valence-corrected chi connectivity index (χ4v) is 2.84. The van der Waals surface area contributed by atoms with Crippen LogP contribution in [0.4, 0.5) is 5.82 Å². The van der Waals surface area contributed by atoms with Crippen LogP contribution in [0, 0.1) is 0 Å². The fourth-order valence-electron chi connectivity index (χ4n) is 2.21. The van der Waals surface area contributed by atoms with Gasteiger partial charge in [-0.1, -0.05) is 34.1 Å². The Bertz CT molecular complexity index is 718. The van der Waals surface area contributed by atoms with Crippen LogP contribution in [-0.2, 0) is 0 Å². The van der Waals surface area contributed by atoms with Crippen molar-refractivity contribution in [3.8, 4) is 0 Å². The van der Waals surface area contributed by atoms with Gasteiger partial charge in [0.05, 0.1) is 6.04 Å². The molecule has 6 heteroatoms. The molecule has 0 radical (unpaired) electrons. The van der Waals surface area contributed by atoms with E-state index in [1.807, 2.05) is 31.2 Å². The van der Waals surface area contributed by atoms with Gasteiger partial charge in [0.15, 0.2) is 0 Å². The van der Waals surface area contributed by atoms with Gasteiger partial charge in [0.2, 0.25) is 0 Å². The number of hydrogen-bond acceptors (Lipinski definition) is 3. The Balaban J connectivity index is 2.31. The molecule has 21 heavy (non-hydrogen) atoms. The van der Waals surface area contributed by atoms with E-state index in [1.165, 1.54) is 10.6 Å². The third kappa shape index (κ3) is 3.44. The standard InChI is InChI=1S/C15H18BrN3O2/c1-9(2)19-14(20)8-13(18-15(19)21)17-10(3)11-6-4-5-7-12(11)16/h4-10,17H,1-3H3,(H,18,21). The van der Waals surface area contributed by atoms with Gasteiger partial charge in [-0.2, -0.15) is 0 Å². The summed E-state index contributed by atoms with van der Waals surface area (Å²) in [4.78, 5) is 26.6. The predicted molar refractivity (Wildman–Crippen MR) is 87.9 cm³/mol. The minimum absolute atomic E-state index is 0.0504. The molecule has 1 atom stereocenters. The van der Waals surface area contributed by atoms with Gasteiger partial charge in [0.1, 0.15) is 5.82 Å². The highest BCUT2D eigenvalue weighted by molar-refractivity contribution is 9.10. The SMILES string of the molecule is CC(Nc1cc(=O)n(C(C)C)c(=O)[nH]1)c1ccccc1Br. The Morgan fingerprint density at radius 2 is 1.86 bits per heavy atom. The molecular weight excluding hydrogens is 334 g/mol. The minimum Gasteiger partial charge on any atom is -0.365 e. The molecule has 1 heterocycles. The number of halogens is 1. The molecule has 2 N–H and O–H groups in total. The van der Waals surface area contributed by atoms with Crippen molar-refractivity contribution in [3.63, 3.8) is 0 Å². The first-order valence-electron chi connectivity index (χ1n) is 6.77. The number of H-pyrrole nitrogens is 1. The highest BCUT2D eigenvalue weighted by Crippen LogP contribution is 2.24. The molecule has 0 fully saturated rings. The molecule has 112 valence electrons. The Morgan fingerprint density at radius 3 is 2.43 bits per heavy atom. The second kappa shape index (κ2) is 6.30. The van der Waals surface area contributed by atoms with Crippen molar-refractivity contribution >= 4 is 21.7 Å². The number of hydrogen-bond donors (Lipinski definition) is 2. The lowest BCUT2D eigenvalue weighted by Gasteiger charge is -2.17. The van der Waals surface area contributed by atoms with E-state index in [1.54, 1.807) is 13.8 Å². The van der Waals surface area contributed by atoms with Crippen LogP contribution in [0.5, 0.6) is 0 Å². The molecule has 5 nitrogen and oxygen atoms in total. The van der Waals surface area contributed by atoms with Crippen LogP contribution >= 0.6 is 15.9 Å². The molecule has 0 spiro atoms. The number of aromatic nitrogens is 2. The van der Waals surface area contributed by atoms with Crippen LogP contribution in [0.2, 0.25) is 0 Å². The third-order valence-corrected chi connectivity index (χ3v) is 3.95. The molecule has 0 bridgehead atoms. The quantitative estimate of drug-likeness (QED) is 0.889. The van der Waals surface area contributed by atoms with E-state index < -0.39 is 5.69 Å². The molecule has 1 aromatic heterocycles. The topological polar surface area (TPSA) is 66.9 Å². The second-order valence-electron chi connectivity index (χ2n) is 5.18. The van der Waals surface area contributed by atoms with E-state index in [9.17, 15) is 9.59 Å². The molecule has 0 aliphatic rings. The van der Waals surface area contributed by atoms with Gasteiger partial charge in [0.25, 0.3) is 5.56 Å². The van der Waals surface area contributed by atoms with Gasteiger partial charge in [-0.05, 0) is 32.4 Å². The van der Waals surface area contributed by atoms with Gasteiger partial charge in [-0.15, -0.1) is 0 Å². The average Bonchev–Trinajstić information content (AvgIpc) is 2.37. The number of anilines is 1. The molecule has 0 amide bonds. The van der Waals surface area contributed by atoms with Crippen molar-refractivity contribution in [1.29, 1.82) is 0 Å². The van der Waals surface area contributed by atoms with Crippen LogP contribution in [0.15, 0.2) is 44.4 Å². The van der Waals surface area contributed by atoms with Gasteiger partial charge >= 0.3 is 5.69 Å². The molecule has 2 aromatic rings. The Kier molecular flexibility index (Phi) is 4.67. The summed E-state index contributed by atoms with van der Waals surface area (Å²) >= 11 is 3.49. The van der Waals surface area contributed by atoms with Crippen molar-refractivity contribution < 1.29 is 0 Å². The maximum Gasteiger partial charge on any atom is 0.330 e. The van der Waals surface area contributed by atoms with Crippen LogP contribution in [-0.4, -0.2) is 9.55 Å². The number of benzene rings is 1. The summed E-state index contributed by atoms with van der Waals surface area (Å²) < 4.78 is 2.16. The predicted octanol–water partition coefficient (Wildman–Crippen LogP) is 3.05. The van der Waals surface area contributed by atoms with E-state index in [0.29, 0.717) is 5.82 Å². The highest BCUT2D eigenvalue weighted by atomic mass is 79.9. The smallest absolute Gasteiger partial charge is 0.330 e. The van der Waals surface area contributed by atoms with Crippen LogP contribution in [0.3, 0.4) is 0 Å². The van der Waals surface area contributed by atoms with E-state index in [4.69, 9.17) is 0 Å². The second-order valence-corrected chi connectivity index (χ2v) is 6.03. The lowest BCUT2D eigenvalue weighted by Crippen LogP contribution is -2.36. The molecule has 1 unspecified atom stereocenters. The normalized spacial score (nSPS) is 12.4. The van der Waals surface area contributed by atoms with Gasteiger partial charge in [-0.25, -0.2) is 4.79 Å². The van der Waals surface area contributed by atoms with E-state index >= 15 is 0 Å². The average molecular weight is 352 g/mol. The largest absolute Gasteiger partial charge is 0.365 e. The zero-order valence-electron chi connectivity index (χ0n) is 12.2. The number of rotatable bonds is 4. The Morgan fingerprint density at radius 1 is 1.19 bits per heavy atom. The van der Waals surface area contributed by atoms with Crippen molar-refractivity contribution in [1.82, 2.24) is 9.55 Å². The molecule has 0 saturated heterocycles. The molecular formula is C15H18BrN3O2. The minimum atomic E-state index is -0.403. The van der Waals surface area contributed by atoms with Crippen molar-refractivity contribution in [2.24, 2.45) is 0 Å². The van der Waals surface area contributed by atoms with Gasteiger partial charge in [0, 0.05) is 16.6 Å². The first-order valence-corrected chi connectivity index (χ1v) is 7.56. The number of nitrogens with one attached hydrogen (secondary N) is 2. The summed E-state index contributed by atoms with van der Waals surface area (Å²) in [5.41, 5.74) is 0.335. The van der Waals surface area contributed by atoms with Crippen LogP contribution in [0.1, 0.15) is 38.4 Å².